The van der Waals surface area contributed by atoms with Crippen molar-refractivity contribution in [3.63, 3.8) is 0 Å². The lowest BCUT2D eigenvalue weighted by molar-refractivity contribution is 0.0737. The van der Waals surface area contributed by atoms with Crippen LogP contribution in [0.3, 0.4) is 0 Å². The van der Waals surface area contributed by atoms with Crippen molar-refractivity contribution in [2.75, 3.05) is 26.2 Å². The van der Waals surface area contributed by atoms with Gasteiger partial charge in [0.15, 0.2) is 0 Å². The van der Waals surface area contributed by atoms with Crippen molar-refractivity contribution < 1.29 is 9.59 Å². The van der Waals surface area contributed by atoms with Gasteiger partial charge in [0.2, 0.25) is 0 Å². The molecule has 0 aliphatic rings. The molecular formula is C23H39N3O2. The Bertz CT molecular complexity index is 526. The third-order valence-corrected chi connectivity index (χ3v) is 4.89. The normalized spacial score (nSPS) is 10.7. The van der Waals surface area contributed by atoms with E-state index in [2.05, 4.69) is 32.7 Å². The molecule has 5 nitrogen and oxygen atoms in total. The van der Waals surface area contributed by atoms with Gasteiger partial charge in [0, 0.05) is 26.2 Å². The molecule has 0 unspecified atom stereocenters. The molecule has 1 aromatic rings. The van der Waals surface area contributed by atoms with Gasteiger partial charge in [0.25, 0.3) is 11.8 Å². The van der Waals surface area contributed by atoms with Crippen LogP contribution in [0.2, 0.25) is 0 Å². The lowest BCUT2D eigenvalue weighted by Crippen LogP contribution is -2.35. The number of unbranched alkanes of at least 4 members (excludes halogenated alkanes) is 4. The summed E-state index contributed by atoms with van der Waals surface area (Å²) in [5.41, 5.74) is 0.757. The lowest BCUT2D eigenvalue weighted by atomic mass is 10.2. The van der Waals surface area contributed by atoms with Crippen LogP contribution in [-0.4, -0.2) is 52.8 Å². The highest BCUT2D eigenvalue weighted by atomic mass is 16.2. The van der Waals surface area contributed by atoms with Gasteiger partial charge in [-0.3, -0.25) is 9.59 Å². The van der Waals surface area contributed by atoms with Crippen LogP contribution in [0.15, 0.2) is 18.2 Å². The minimum atomic E-state index is -0.0646. The van der Waals surface area contributed by atoms with Gasteiger partial charge in [-0.1, -0.05) is 59.4 Å². The number of rotatable bonds is 14. The number of hydrogen-bond donors (Lipinski definition) is 0. The first kappa shape index (κ1) is 24.1. The van der Waals surface area contributed by atoms with Gasteiger partial charge < -0.3 is 9.80 Å². The van der Waals surface area contributed by atoms with Crippen LogP contribution in [0, 0.1) is 0 Å². The summed E-state index contributed by atoms with van der Waals surface area (Å²) in [6.45, 7) is 11.5. The molecule has 2 amide bonds. The van der Waals surface area contributed by atoms with Crippen LogP contribution in [0.5, 0.6) is 0 Å². The fraction of sp³-hybridized carbons (Fsp3) is 0.696. The maximum Gasteiger partial charge on any atom is 0.272 e. The maximum atomic E-state index is 13.0. The van der Waals surface area contributed by atoms with Crippen LogP contribution < -0.4 is 0 Å². The molecule has 28 heavy (non-hydrogen) atoms. The van der Waals surface area contributed by atoms with E-state index in [0.717, 1.165) is 77.5 Å². The van der Waals surface area contributed by atoms with Crippen LogP contribution in [-0.2, 0) is 0 Å². The van der Waals surface area contributed by atoms with E-state index < -0.39 is 0 Å². The summed E-state index contributed by atoms with van der Waals surface area (Å²) in [7, 11) is 0. The van der Waals surface area contributed by atoms with Gasteiger partial charge in [-0.15, -0.1) is 0 Å². The number of amides is 2. The molecule has 0 aliphatic carbocycles. The minimum Gasteiger partial charge on any atom is -0.337 e. The highest BCUT2D eigenvalue weighted by Crippen LogP contribution is 2.11. The first-order chi connectivity index (χ1) is 13.6. The zero-order chi connectivity index (χ0) is 20.8. The molecule has 0 radical (unpaired) electrons. The fourth-order valence-electron chi connectivity index (χ4n) is 3.02. The first-order valence-corrected chi connectivity index (χ1v) is 11.1. The van der Waals surface area contributed by atoms with Crippen LogP contribution >= 0.6 is 0 Å². The first-order valence-electron chi connectivity index (χ1n) is 11.1. The van der Waals surface area contributed by atoms with Gasteiger partial charge in [-0.2, -0.15) is 0 Å². The Morgan fingerprint density at radius 1 is 0.679 bits per heavy atom. The summed E-state index contributed by atoms with van der Waals surface area (Å²) in [5.74, 6) is -0.129. The van der Waals surface area contributed by atoms with Crippen molar-refractivity contribution in [2.24, 2.45) is 0 Å². The van der Waals surface area contributed by atoms with Crippen LogP contribution in [0.1, 0.15) is 100 Å². The zero-order valence-electron chi connectivity index (χ0n) is 18.4. The van der Waals surface area contributed by atoms with Crippen LogP contribution in [0.4, 0.5) is 0 Å². The van der Waals surface area contributed by atoms with E-state index in [4.69, 9.17) is 0 Å². The second-order valence-corrected chi connectivity index (χ2v) is 7.41. The number of aromatic nitrogens is 1. The summed E-state index contributed by atoms with van der Waals surface area (Å²) in [4.78, 5) is 34.2. The highest BCUT2D eigenvalue weighted by Gasteiger charge is 2.20. The fourth-order valence-corrected chi connectivity index (χ4v) is 3.02. The molecule has 0 bridgehead atoms. The van der Waals surface area contributed by atoms with E-state index in [1.54, 1.807) is 18.2 Å². The van der Waals surface area contributed by atoms with Crippen molar-refractivity contribution in [2.45, 2.75) is 79.1 Å². The second-order valence-electron chi connectivity index (χ2n) is 7.41. The maximum absolute atomic E-state index is 13.0. The molecule has 0 N–H and O–H groups in total. The van der Waals surface area contributed by atoms with Gasteiger partial charge in [-0.05, 0) is 37.8 Å². The summed E-state index contributed by atoms with van der Waals surface area (Å²) >= 11 is 0. The second kappa shape index (κ2) is 14.1. The number of carbonyl (C=O) groups excluding carboxylic acids is 2. The van der Waals surface area contributed by atoms with E-state index in [1.165, 1.54) is 0 Å². The Kier molecular flexibility index (Phi) is 12.2. The van der Waals surface area contributed by atoms with Gasteiger partial charge >= 0.3 is 0 Å². The van der Waals surface area contributed by atoms with Crippen molar-refractivity contribution in [3.8, 4) is 0 Å². The minimum absolute atomic E-state index is 0.0646. The van der Waals surface area contributed by atoms with E-state index in [9.17, 15) is 9.59 Å². The van der Waals surface area contributed by atoms with Crippen molar-refractivity contribution in [1.29, 1.82) is 0 Å². The Morgan fingerprint density at radius 2 is 1.00 bits per heavy atom. The van der Waals surface area contributed by atoms with E-state index in [-0.39, 0.29) is 11.8 Å². The van der Waals surface area contributed by atoms with Crippen molar-refractivity contribution >= 4 is 11.8 Å². The third kappa shape index (κ3) is 7.99. The van der Waals surface area contributed by atoms with E-state index in [0.29, 0.717) is 11.4 Å². The van der Waals surface area contributed by atoms with Crippen LogP contribution in [0.25, 0.3) is 0 Å². The topological polar surface area (TPSA) is 53.5 Å². The number of hydrogen-bond acceptors (Lipinski definition) is 3. The highest BCUT2D eigenvalue weighted by molar-refractivity contribution is 5.96. The van der Waals surface area contributed by atoms with Gasteiger partial charge in [-0.25, -0.2) is 4.98 Å². The average Bonchev–Trinajstić information content (AvgIpc) is 2.73. The molecule has 0 aromatic carbocycles. The molecule has 0 atom stereocenters. The van der Waals surface area contributed by atoms with Crippen molar-refractivity contribution in [3.05, 3.63) is 29.6 Å². The van der Waals surface area contributed by atoms with E-state index in [1.807, 2.05) is 9.80 Å². The molecule has 0 spiro atoms. The molecule has 1 aromatic heterocycles. The number of carbonyl (C=O) groups is 2. The van der Waals surface area contributed by atoms with E-state index >= 15 is 0 Å². The third-order valence-electron chi connectivity index (χ3n) is 4.89. The Labute approximate surface area is 171 Å². The van der Waals surface area contributed by atoms with Gasteiger partial charge in [0.05, 0.1) is 0 Å². The quantitative estimate of drug-likeness (QED) is 0.441. The Morgan fingerprint density at radius 3 is 1.29 bits per heavy atom. The standard InChI is InChI=1S/C23H39N3O2/c1-5-9-16-25(17-10-6-2)22(27)20-14-13-15-21(24-20)23(28)26(18-11-7-3)19-12-8-4/h13-15H,5-12,16-19H2,1-4H3. The molecular weight excluding hydrogens is 350 g/mol. The number of nitrogens with zero attached hydrogens (tertiary/aromatic N) is 3. The lowest BCUT2D eigenvalue weighted by Gasteiger charge is -2.23. The summed E-state index contributed by atoms with van der Waals surface area (Å²) in [5, 5.41) is 0. The van der Waals surface area contributed by atoms with Gasteiger partial charge in [0.1, 0.15) is 11.4 Å². The summed E-state index contributed by atoms with van der Waals surface area (Å²) < 4.78 is 0. The average molecular weight is 390 g/mol. The number of pyridine rings is 1. The Balaban J connectivity index is 2.97. The predicted octanol–water partition coefficient (Wildman–Crippen LogP) is 5.17. The van der Waals surface area contributed by atoms with Crippen molar-refractivity contribution in [1.82, 2.24) is 14.8 Å². The predicted molar refractivity (Wildman–Crippen MR) is 116 cm³/mol. The molecule has 158 valence electrons. The monoisotopic (exact) mass is 389 g/mol. The molecule has 5 heteroatoms. The zero-order valence-corrected chi connectivity index (χ0v) is 18.4. The smallest absolute Gasteiger partial charge is 0.272 e. The molecule has 0 aliphatic heterocycles. The largest absolute Gasteiger partial charge is 0.337 e. The summed E-state index contributed by atoms with van der Waals surface area (Å²) in [6, 6.07) is 5.24. The SMILES string of the molecule is CCCCN(CCCC)C(=O)c1cccc(C(=O)N(CCCC)CCCC)n1. The molecule has 1 rings (SSSR count). The molecule has 0 fully saturated rings. The summed E-state index contributed by atoms with van der Waals surface area (Å²) in [6.07, 6.45) is 8.12. The molecule has 0 saturated carbocycles. The molecule has 1 heterocycles. The molecule has 0 saturated heterocycles. The Hall–Kier alpha value is -1.91.